The van der Waals surface area contributed by atoms with Crippen LogP contribution in [0.1, 0.15) is 0 Å². The third kappa shape index (κ3) is 2.51. The molecule has 4 nitrogen and oxygen atoms in total. The van der Waals surface area contributed by atoms with Crippen LogP contribution in [0.5, 0.6) is 0 Å². The number of benzene rings is 1. The van der Waals surface area contributed by atoms with Gasteiger partial charge < -0.3 is 0 Å². The average molecular weight is 299 g/mol. The molecule has 0 saturated carbocycles. The van der Waals surface area contributed by atoms with Gasteiger partial charge in [-0.05, 0) is 35.4 Å². The first-order valence-corrected chi connectivity index (χ1v) is 7.30. The van der Waals surface area contributed by atoms with Crippen LogP contribution in [0.3, 0.4) is 0 Å². The molecule has 0 atom stereocenters. The van der Waals surface area contributed by atoms with Gasteiger partial charge in [-0.1, -0.05) is 30.3 Å². The van der Waals surface area contributed by atoms with Gasteiger partial charge in [0.1, 0.15) is 5.65 Å². The number of pyridine rings is 2. The summed E-state index contributed by atoms with van der Waals surface area (Å²) < 4.78 is 1.55. The number of rotatable bonds is 2. The number of hydrogen-bond donors (Lipinski definition) is 0. The summed E-state index contributed by atoms with van der Waals surface area (Å²) >= 11 is 0. The summed E-state index contributed by atoms with van der Waals surface area (Å²) in [6.07, 6.45) is 5.15. The van der Waals surface area contributed by atoms with Crippen molar-refractivity contribution in [3.63, 3.8) is 0 Å². The van der Waals surface area contributed by atoms with E-state index in [-0.39, 0.29) is 5.56 Å². The molecule has 0 amide bonds. The zero-order valence-electron chi connectivity index (χ0n) is 12.3. The molecule has 0 fully saturated rings. The van der Waals surface area contributed by atoms with Crippen LogP contribution in [0, 0.1) is 0 Å². The molecule has 110 valence electrons. The lowest BCUT2D eigenvalue weighted by Gasteiger charge is -2.07. The zero-order valence-corrected chi connectivity index (χ0v) is 12.3. The van der Waals surface area contributed by atoms with Crippen molar-refractivity contribution < 1.29 is 0 Å². The Kier molecular flexibility index (Phi) is 3.20. The lowest BCUT2D eigenvalue weighted by atomic mass is 10.1. The molecule has 23 heavy (non-hydrogen) atoms. The van der Waals surface area contributed by atoms with Crippen molar-refractivity contribution in [2.24, 2.45) is 0 Å². The largest absolute Gasteiger partial charge is 0.269 e. The minimum Gasteiger partial charge on any atom is -0.269 e. The van der Waals surface area contributed by atoms with Crippen molar-refractivity contribution in [3.8, 4) is 22.4 Å². The molecule has 1 aromatic carbocycles. The van der Waals surface area contributed by atoms with E-state index in [1.807, 2.05) is 54.6 Å². The van der Waals surface area contributed by atoms with E-state index in [2.05, 4.69) is 9.97 Å². The average Bonchev–Trinajstić information content (AvgIpc) is 2.63. The van der Waals surface area contributed by atoms with Crippen molar-refractivity contribution >= 4 is 5.65 Å². The maximum atomic E-state index is 12.3. The Balaban J connectivity index is 1.92. The van der Waals surface area contributed by atoms with Crippen molar-refractivity contribution in [1.29, 1.82) is 0 Å². The molecule has 0 unspecified atom stereocenters. The molecule has 0 spiro atoms. The van der Waals surface area contributed by atoms with Gasteiger partial charge in [0.15, 0.2) is 0 Å². The van der Waals surface area contributed by atoms with Crippen LogP contribution < -0.4 is 5.56 Å². The van der Waals surface area contributed by atoms with Crippen LogP contribution in [0.2, 0.25) is 0 Å². The predicted octanol–water partition coefficient (Wildman–Crippen LogP) is 3.42. The van der Waals surface area contributed by atoms with Crippen LogP contribution in [0.4, 0.5) is 0 Å². The minimum absolute atomic E-state index is 0.0959. The lowest BCUT2D eigenvalue weighted by Crippen LogP contribution is -2.14. The Bertz CT molecular complexity index is 1020. The first-order valence-electron chi connectivity index (χ1n) is 7.30. The van der Waals surface area contributed by atoms with E-state index in [0.717, 1.165) is 16.7 Å². The van der Waals surface area contributed by atoms with E-state index >= 15 is 0 Å². The maximum Gasteiger partial charge on any atom is 0.258 e. The molecule has 3 aromatic heterocycles. The summed E-state index contributed by atoms with van der Waals surface area (Å²) in [5.74, 6) is 0. The molecule has 0 saturated heterocycles. The standard InChI is InChI=1S/C19H13N3O/c23-19-13-17(15-6-9-20-10-7-15)21-18-12-16(8-11-22(18)19)14-4-2-1-3-5-14/h1-13H. The summed E-state index contributed by atoms with van der Waals surface area (Å²) in [4.78, 5) is 21.0. The fourth-order valence-corrected chi connectivity index (χ4v) is 2.58. The van der Waals surface area contributed by atoms with Gasteiger partial charge in [0.2, 0.25) is 0 Å². The quantitative estimate of drug-likeness (QED) is 0.570. The molecule has 0 radical (unpaired) electrons. The number of aromatic nitrogens is 3. The van der Waals surface area contributed by atoms with Crippen molar-refractivity contribution in [2.45, 2.75) is 0 Å². The number of fused-ring (bicyclic) bond motifs is 1. The second-order valence-corrected chi connectivity index (χ2v) is 5.23. The third-order valence-corrected chi connectivity index (χ3v) is 3.75. The highest BCUT2D eigenvalue weighted by Crippen LogP contribution is 2.21. The van der Waals surface area contributed by atoms with Gasteiger partial charge in [0, 0.05) is 30.2 Å². The second kappa shape index (κ2) is 5.50. The van der Waals surface area contributed by atoms with E-state index in [4.69, 9.17) is 0 Å². The van der Waals surface area contributed by atoms with Gasteiger partial charge in [-0.15, -0.1) is 0 Å². The topological polar surface area (TPSA) is 47.3 Å². The Hall–Kier alpha value is -3.27. The van der Waals surface area contributed by atoms with Gasteiger partial charge in [0.25, 0.3) is 5.56 Å². The molecule has 0 aliphatic heterocycles. The number of hydrogen-bond acceptors (Lipinski definition) is 3. The zero-order chi connectivity index (χ0) is 15.6. The van der Waals surface area contributed by atoms with Crippen molar-refractivity contribution in [1.82, 2.24) is 14.4 Å². The monoisotopic (exact) mass is 299 g/mol. The van der Waals surface area contributed by atoms with Crippen LogP contribution in [-0.4, -0.2) is 14.4 Å². The normalized spacial score (nSPS) is 10.8. The summed E-state index contributed by atoms with van der Waals surface area (Å²) in [5.41, 5.74) is 4.20. The molecule has 4 heteroatoms. The van der Waals surface area contributed by atoms with Crippen molar-refractivity contribution in [3.05, 3.63) is 89.6 Å². The fourth-order valence-electron chi connectivity index (χ4n) is 2.58. The Morgan fingerprint density at radius 3 is 2.35 bits per heavy atom. The highest BCUT2D eigenvalue weighted by atomic mass is 16.1. The van der Waals surface area contributed by atoms with Crippen LogP contribution >= 0.6 is 0 Å². The summed E-state index contributed by atoms with van der Waals surface area (Å²) in [6.45, 7) is 0. The second-order valence-electron chi connectivity index (χ2n) is 5.23. The van der Waals surface area contributed by atoms with E-state index in [0.29, 0.717) is 11.3 Å². The fraction of sp³-hybridized carbons (Fsp3) is 0. The molecular formula is C19H13N3O. The van der Waals surface area contributed by atoms with Gasteiger partial charge in [-0.25, -0.2) is 4.98 Å². The van der Waals surface area contributed by atoms with Crippen molar-refractivity contribution in [2.75, 3.05) is 0 Å². The lowest BCUT2D eigenvalue weighted by molar-refractivity contribution is 1.05. The molecule has 4 rings (SSSR count). The molecule has 3 heterocycles. The maximum absolute atomic E-state index is 12.3. The van der Waals surface area contributed by atoms with Crippen LogP contribution in [0.25, 0.3) is 28.0 Å². The third-order valence-electron chi connectivity index (χ3n) is 3.75. The molecule has 0 aliphatic rings. The highest BCUT2D eigenvalue weighted by molar-refractivity contribution is 5.68. The van der Waals surface area contributed by atoms with Crippen LogP contribution in [-0.2, 0) is 0 Å². The highest BCUT2D eigenvalue weighted by Gasteiger charge is 2.06. The molecule has 4 aromatic rings. The Morgan fingerprint density at radius 2 is 1.57 bits per heavy atom. The van der Waals surface area contributed by atoms with Gasteiger partial charge >= 0.3 is 0 Å². The Morgan fingerprint density at radius 1 is 0.783 bits per heavy atom. The van der Waals surface area contributed by atoms with Crippen LogP contribution in [0.15, 0.2) is 84.0 Å². The predicted molar refractivity (Wildman–Crippen MR) is 90.1 cm³/mol. The summed E-state index contributed by atoms with van der Waals surface area (Å²) in [6, 6.07) is 19.1. The summed E-state index contributed by atoms with van der Waals surface area (Å²) in [5, 5.41) is 0. The molecule has 0 aliphatic carbocycles. The molecule has 0 N–H and O–H groups in total. The van der Waals surface area contributed by atoms with Gasteiger partial charge in [-0.2, -0.15) is 0 Å². The first kappa shape index (κ1) is 13.4. The summed E-state index contributed by atoms with van der Waals surface area (Å²) in [7, 11) is 0. The van der Waals surface area contributed by atoms with E-state index in [1.54, 1.807) is 29.1 Å². The molecular weight excluding hydrogens is 286 g/mol. The van der Waals surface area contributed by atoms with E-state index in [9.17, 15) is 4.79 Å². The first-order chi connectivity index (χ1) is 11.3. The van der Waals surface area contributed by atoms with Gasteiger partial charge in [0.05, 0.1) is 5.69 Å². The Labute approximate surface area is 132 Å². The number of nitrogens with zero attached hydrogens (tertiary/aromatic N) is 3. The smallest absolute Gasteiger partial charge is 0.258 e. The molecule has 0 bridgehead atoms. The SMILES string of the molecule is O=c1cc(-c2ccncc2)nc2cc(-c3ccccc3)ccn12. The minimum atomic E-state index is -0.0959. The van der Waals surface area contributed by atoms with E-state index < -0.39 is 0 Å². The van der Waals surface area contributed by atoms with Gasteiger partial charge in [-0.3, -0.25) is 14.2 Å². The van der Waals surface area contributed by atoms with E-state index in [1.165, 1.54) is 0 Å².